The van der Waals surface area contributed by atoms with Gasteiger partial charge in [-0.25, -0.2) is 27.7 Å². The fourth-order valence-electron chi connectivity index (χ4n) is 4.00. The Balaban J connectivity index is 0.000000810. The highest BCUT2D eigenvalue weighted by molar-refractivity contribution is 7.45. The van der Waals surface area contributed by atoms with Gasteiger partial charge in [0.15, 0.2) is 11.6 Å². The molecule has 218 valence electrons. The number of nitrogens with zero attached hydrogens (tertiary/aromatic N) is 4. The van der Waals surface area contributed by atoms with Gasteiger partial charge in [-0.3, -0.25) is 4.79 Å². The highest BCUT2D eigenvalue weighted by Crippen LogP contribution is 2.36. The molecular weight excluding hydrogens is 578 g/mol. The van der Waals surface area contributed by atoms with Crippen LogP contribution in [-0.2, 0) is 35.0 Å². The van der Waals surface area contributed by atoms with Crippen LogP contribution in [0.3, 0.4) is 0 Å². The van der Waals surface area contributed by atoms with Crippen LogP contribution in [0.1, 0.15) is 23.5 Å². The highest BCUT2D eigenvalue weighted by Gasteiger charge is 2.41. The summed E-state index contributed by atoms with van der Waals surface area (Å²) in [6, 6.07) is 2.64. The van der Waals surface area contributed by atoms with Gasteiger partial charge in [-0.15, -0.1) is 0 Å². The van der Waals surface area contributed by atoms with Crippen LogP contribution in [0.25, 0.3) is 11.3 Å². The molecule has 0 spiro atoms. The maximum absolute atomic E-state index is 14.3. The number of hydrogen-bond donors (Lipinski definition) is 4. The summed E-state index contributed by atoms with van der Waals surface area (Å²) in [6.07, 6.45) is -4.28. The molecule has 3 aromatic rings. The van der Waals surface area contributed by atoms with Gasteiger partial charge < -0.3 is 29.9 Å². The standard InChI is InChI=1S/C22H18F7N5O.H3O4P/c23-14-9-16(25)15(24)7-11(14)6-12(30)8-18(35)33-4-5-34-17(10-33)19(32-21(34)22(27,28)29)13-2-1-3-31-20(13)26;1-5(2,3)4/h1-3,7,9,12H,4-6,8,10,30H2;(H3,1,2,3,4)/t12-;/m1./s1. The zero-order valence-corrected chi connectivity index (χ0v) is 21.0. The highest BCUT2D eigenvalue weighted by atomic mass is 31.2. The Morgan fingerprint density at radius 3 is 2.30 bits per heavy atom. The van der Waals surface area contributed by atoms with E-state index in [1.54, 1.807) is 0 Å². The number of pyridine rings is 1. The van der Waals surface area contributed by atoms with Crippen molar-refractivity contribution < 1.29 is 54.8 Å². The van der Waals surface area contributed by atoms with Gasteiger partial charge in [-0.05, 0) is 30.2 Å². The number of phosphoric acid groups is 1. The summed E-state index contributed by atoms with van der Waals surface area (Å²) in [7, 11) is -4.64. The van der Waals surface area contributed by atoms with Gasteiger partial charge in [0.2, 0.25) is 17.7 Å². The molecular formula is C22H21F7N5O5P. The van der Waals surface area contributed by atoms with E-state index in [-0.39, 0.29) is 55.0 Å². The summed E-state index contributed by atoms with van der Waals surface area (Å²) in [6.45, 7) is -0.665. The summed E-state index contributed by atoms with van der Waals surface area (Å²) >= 11 is 0. The number of carbonyl (C=O) groups is 1. The van der Waals surface area contributed by atoms with Crippen molar-refractivity contribution in [2.24, 2.45) is 5.73 Å². The normalized spacial score (nSPS) is 14.3. The predicted octanol–water partition coefficient (Wildman–Crippen LogP) is 2.89. The first kappa shape index (κ1) is 31.2. The van der Waals surface area contributed by atoms with Gasteiger partial charge >= 0.3 is 14.0 Å². The van der Waals surface area contributed by atoms with Gasteiger partial charge in [0.25, 0.3) is 0 Å². The topological polar surface area (TPSA) is 155 Å². The fourth-order valence-corrected chi connectivity index (χ4v) is 4.00. The largest absolute Gasteiger partial charge is 0.466 e. The molecule has 5 N–H and O–H groups in total. The van der Waals surface area contributed by atoms with E-state index in [4.69, 9.17) is 25.0 Å². The second kappa shape index (κ2) is 12.0. The van der Waals surface area contributed by atoms with Gasteiger partial charge in [-0.1, -0.05) is 0 Å². The van der Waals surface area contributed by atoms with Crippen molar-refractivity contribution in [1.29, 1.82) is 0 Å². The van der Waals surface area contributed by atoms with Crippen LogP contribution in [0, 0.1) is 23.4 Å². The quantitative estimate of drug-likeness (QED) is 0.151. The zero-order chi connectivity index (χ0) is 30.0. The van der Waals surface area contributed by atoms with Gasteiger partial charge in [0.1, 0.15) is 5.82 Å². The SMILES string of the molecule is N[C@@H](CC(=O)N1CCn2c(C(F)(F)F)nc(-c3cccnc3F)c2C1)Cc1cc(F)c(F)cc1F.O=P(O)(O)O. The number of amides is 1. The molecule has 18 heteroatoms. The van der Waals surface area contributed by atoms with E-state index in [1.807, 2.05) is 0 Å². The summed E-state index contributed by atoms with van der Waals surface area (Å²) in [5.74, 6) is -6.43. The number of rotatable bonds is 5. The lowest BCUT2D eigenvalue weighted by Gasteiger charge is -2.30. The van der Waals surface area contributed by atoms with Gasteiger partial charge in [0, 0.05) is 37.8 Å². The maximum atomic E-state index is 14.3. The predicted molar refractivity (Wildman–Crippen MR) is 123 cm³/mol. The molecule has 3 heterocycles. The monoisotopic (exact) mass is 599 g/mol. The number of fused-ring (bicyclic) bond motifs is 1. The lowest BCUT2D eigenvalue weighted by molar-refractivity contribution is -0.148. The summed E-state index contributed by atoms with van der Waals surface area (Å²) in [5, 5.41) is 0. The van der Waals surface area contributed by atoms with Crippen molar-refractivity contribution >= 4 is 13.7 Å². The van der Waals surface area contributed by atoms with Crippen LogP contribution in [0.4, 0.5) is 30.7 Å². The molecule has 0 aliphatic carbocycles. The van der Waals surface area contributed by atoms with Crippen LogP contribution in [0.2, 0.25) is 0 Å². The van der Waals surface area contributed by atoms with E-state index in [2.05, 4.69) is 9.97 Å². The molecule has 0 fully saturated rings. The van der Waals surface area contributed by atoms with Crippen LogP contribution < -0.4 is 5.73 Å². The van der Waals surface area contributed by atoms with Crippen molar-refractivity contribution in [2.45, 2.75) is 38.1 Å². The number of nitrogens with two attached hydrogens (primary N) is 1. The smallest absolute Gasteiger partial charge is 0.335 e. The molecule has 1 atom stereocenters. The maximum Gasteiger partial charge on any atom is 0.466 e. The van der Waals surface area contributed by atoms with E-state index < -0.39 is 55.2 Å². The average molecular weight is 599 g/mol. The van der Waals surface area contributed by atoms with Crippen molar-refractivity contribution in [3.63, 3.8) is 0 Å². The third-order valence-electron chi connectivity index (χ3n) is 5.64. The molecule has 1 aliphatic heterocycles. The first-order valence-electron chi connectivity index (χ1n) is 11.2. The molecule has 10 nitrogen and oxygen atoms in total. The average Bonchev–Trinajstić information content (AvgIpc) is 3.21. The lowest BCUT2D eigenvalue weighted by Crippen LogP contribution is -2.42. The number of imidazole rings is 1. The third kappa shape index (κ3) is 7.85. The first-order valence-corrected chi connectivity index (χ1v) is 12.7. The Morgan fingerprint density at radius 1 is 1.07 bits per heavy atom. The van der Waals surface area contributed by atoms with E-state index >= 15 is 0 Å². The molecule has 1 amide bonds. The molecule has 0 bridgehead atoms. The van der Waals surface area contributed by atoms with E-state index in [0.717, 1.165) is 10.8 Å². The van der Waals surface area contributed by atoms with Crippen LogP contribution in [0.5, 0.6) is 0 Å². The van der Waals surface area contributed by atoms with Crippen LogP contribution in [0.15, 0.2) is 30.5 Å². The molecule has 1 aromatic carbocycles. The molecule has 0 saturated carbocycles. The Hall–Kier alpha value is -3.37. The van der Waals surface area contributed by atoms with E-state index in [1.165, 1.54) is 17.0 Å². The minimum Gasteiger partial charge on any atom is -0.335 e. The third-order valence-corrected chi connectivity index (χ3v) is 5.64. The minimum absolute atomic E-state index is 0.0240. The van der Waals surface area contributed by atoms with Crippen LogP contribution in [-0.4, -0.2) is 52.6 Å². The Labute approximate surface area is 221 Å². The zero-order valence-electron chi connectivity index (χ0n) is 20.1. The second-order valence-corrected chi connectivity index (χ2v) is 9.60. The molecule has 2 aromatic heterocycles. The second-order valence-electron chi connectivity index (χ2n) is 8.58. The van der Waals surface area contributed by atoms with Gasteiger partial charge in [-0.2, -0.15) is 17.6 Å². The van der Waals surface area contributed by atoms with E-state index in [0.29, 0.717) is 12.1 Å². The fraction of sp³-hybridized carbons (Fsp3) is 0.318. The molecule has 0 radical (unpaired) electrons. The number of benzene rings is 1. The van der Waals surface area contributed by atoms with Crippen molar-refractivity contribution in [3.8, 4) is 11.3 Å². The molecule has 1 aliphatic rings. The van der Waals surface area contributed by atoms with Crippen molar-refractivity contribution in [1.82, 2.24) is 19.4 Å². The number of hydrogen-bond acceptors (Lipinski definition) is 5. The number of carbonyl (C=O) groups excluding carboxylic acids is 1. The number of halogens is 7. The minimum atomic E-state index is -4.81. The Bertz CT molecular complexity index is 1440. The Kier molecular flexibility index (Phi) is 9.36. The van der Waals surface area contributed by atoms with Crippen molar-refractivity contribution in [2.75, 3.05) is 6.54 Å². The number of alkyl halides is 3. The van der Waals surface area contributed by atoms with Gasteiger partial charge in [0.05, 0.1) is 23.5 Å². The molecule has 0 unspecified atom stereocenters. The van der Waals surface area contributed by atoms with E-state index in [9.17, 15) is 35.5 Å². The molecule has 0 saturated heterocycles. The van der Waals surface area contributed by atoms with Crippen LogP contribution >= 0.6 is 7.82 Å². The first-order chi connectivity index (χ1) is 18.5. The summed E-state index contributed by atoms with van der Waals surface area (Å²) < 4.78 is 105. The lowest BCUT2D eigenvalue weighted by atomic mass is 10.0. The molecule has 40 heavy (non-hydrogen) atoms. The Morgan fingerprint density at radius 2 is 1.70 bits per heavy atom. The van der Waals surface area contributed by atoms with Crippen molar-refractivity contribution in [3.05, 3.63) is 70.9 Å². The summed E-state index contributed by atoms with van der Waals surface area (Å²) in [5.41, 5.74) is 5.14. The summed E-state index contributed by atoms with van der Waals surface area (Å²) in [4.78, 5) is 42.7. The molecule has 4 rings (SSSR count). The number of aromatic nitrogens is 3.